The molecule has 1 amide bonds. The molecule has 0 aliphatic heterocycles. The number of aromatic nitrogens is 2. The smallest absolute Gasteiger partial charge is 0.346 e. The summed E-state index contributed by atoms with van der Waals surface area (Å²) in [5.74, 6) is -0.276. The van der Waals surface area contributed by atoms with Gasteiger partial charge in [0.2, 0.25) is 0 Å². The van der Waals surface area contributed by atoms with Crippen LogP contribution in [-0.2, 0) is 4.74 Å². The van der Waals surface area contributed by atoms with Crippen LogP contribution in [0.1, 0.15) is 16.1 Å². The van der Waals surface area contributed by atoms with Gasteiger partial charge in [-0.1, -0.05) is 0 Å². The lowest BCUT2D eigenvalue weighted by atomic mass is 10.2. The first kappa shape index (κ1) is 16.7. The molecule has 1 aromatic heterocycles. The van der Waals surface area contributed by atoms with E-state index in [0.29, 0.717) is 29.4 Å². The van der Waals surface area contributed by atoms with Crippen LogP contribution in [0.4, 0.5) is 0 Å². The molecule has 1 heterocycles. The van der Waals surface area contributed by atoms with Crippen LogP contribution in [0.5, 0.6) is 0 Å². The number of H-pyrrole nitrogens is 1. The predicted molar refractivity (Wildman–Crippen MR) is 76.2 cm³/mol. The minimum Gasteiger partial charge on any atom is -0.395 e. The first-order valence-corrected chi connectivity index (χ1v) is 7.31. The van der Waals surface area contributed by atoms with Crippen LogP contribution in [0.3, 0.4) is 0 Å². The third kappa shape index (κ3) is 4.06. The molecule has 7 nitrogen and oxygen atoms in total. The number of hydrogen-bond donors (Lipinski definition) is 2. The van der Waals surface area contributed by atoms with Gasteiger partial charge in [-0.2, -0.15) is 4.98 Å². The highest BCUT2D eigenvalue weighted by Crippen LogP contribution is 2.19. The number of aliphatic hydroxyl groups excluding tert-OH is 1. The number of carbonyl (C=O) groups is 1. The van der Waals surface area contributed by atoms with Gasteiger partial charge in [0.15, 0.2) is 0 Å². The summed E-state index contributed by atoms with van der Waals surface area (Å²) < 4.78 is 4.96. The average Bonchev–Trinajstić information content (AvgIpc) is 2.41. The summed E-state index contributed by atoms with van der Waals surface area (Å²) in [5, 5.41) is 9.44. The van der Waals surface area contributed by atoms with Gasteiger partial charge in [0.1, 0.15) is 5.03 Å². The highest BCUT2D eigenvalue weighted by Gasteiger charge is 2.22. The summed E-state index contributed by atoms with van der Waals surface area (Å²) in [7, 11) is 1.54. The Bertz CT molecular complexity index is 518. The van der Waals surface area contributed by atoms with E-state index in [0.717, 1.165) is 0 Å². The number of methoxy groups -OCH3 is 1. The van der Waals surface area contributed by atoms with Crippen LogP contribution in [0, 0.1) is 6.92 Å². The van der Waals surface area contributed by atoms with Crippen molar-refractivity contribution in [1.29, 1.82) is 0 Å². The topological polar surface area (TPSA) is 95.5 Å². The maximum absolute atomic E-state index is 12.5. The van der Waals surface area contributed by atoms with E-state index in [1.165, 1.54) is 16.7 Å². The Morgan fingerprint density at radius 2 is 2.20 bits per heavy atom. The van der Waals surface area contributed by atoms with Crippen LogP contribution in [-0.4, -0.2) is 65.6 Å². The Hall–Kier alpha value is -1.38. The number of ether oxygens (including phenoxy) is 1. The zero-order valence-corrected chi connectivity index (χ0v) is 12.6. The van der Waals surface area contributed by atoms with Crippen LogP contribution in [0.15, 0.2) is 9.82 Å². The molecule has 0 bridgehead atoms. The maximum Gasteiger partial charge on any atom is 0.346 e. The minimum atomic E-state index is -0.478. The molecule has 0 radical (unpaired) electrons. The van der Waals surface area contributed by atoms with E-state index in [2.05, 4.69) is 9.97 Å². The Balaban J connectivity index is 3.13. The second kappa shape index (κ2) is 8.03. The first-order valence-electron chi connectivity index (χ1n) is 6.09. The van der Waals surface area contributed by atoms with E-state index >= 15 is 0 Å². The van der Waals surface area contributed by atoms with Crippen molar-refractivity contribution in [2.45, 2.75) is 11.9 Å². The molecule has 0 aliphatic carbocycles. The number of rotatable bonds is 7. The van der Waals surface area contributed by atoms with Gasteiger partial charge in [-0.05, 0) is 13.2 Å². The molecule has 1 aromatic rings. The number of nitrogens with one attached hydrogen (secondary N) is 1. The molecule has 2 N–H and O–H groups in total. The maximum atomic E-state index is 12.5. The fourth-order valence-electron chi connectivity index (χ4n) is 1.75. The molecular weight excluding hydrogens is 282 g/mol. The highest BCUT2D eigenvalue weighted by atomic mass is 32.2. The summed E-state index contributed by atoms with van der Waals surface area (Å²) in [6.07, 6.45) is 1.75. The van der Waals surface area contributed by atoms with Crippen molar-refractivity contribution < 1.29 is 14.6 Å². The van der Waals surface area contributed by atoms with E-state index in [4.69, 9.17) is 9.84 Å². The van der Waals surface area contributed by atoms with Gasteiger partial charge in [0, 0.05) is 25.9 Å². The van der Waals surface area contributed by atoms with Gasteiger partial charge in [-0.15, -0.1) is 11.8 Å². The van der Waals surface area contributed by atoms with Gasteiger partial charge in [-0.25, -0.2) is 4.79 Å². The molecule has 0 saturated heterocycles. The van der Waals surface area contributed by atoms with E-state index in [1.807, 2.05) is 0 Å². The molecule has 0 spiro atoms. The van der Waals surface area contributed by atoms with E-state index in [-0.39, 0.29) is 19.1 Å². The van der Waals surface area contributed by atoms with Crippen molar-refractivity contribution in [3.8, 4) is 0 Å². The Morgan fingerprint density at radius 3 is 2.75 bits per heavy atom. The van der Waals surface area contributed by atoms with Crippen molar-refractivity contribution in [2.24, 2.45) is 0 Å². The number of aliphatic hydroxyl groups is 1. The number of thioether (sulfide) groups is 1. The number of aromatic amines is 1. The number of nitrogens with zero attached hydrogens (tertiary/aromatic N) is 2. The number of hydrogen-bond acceptors (Lipinski definition) is 6. The largest absolute Gasteiger partial charge is 0.395 e. The van der Waals surface area contributed by atoms with Gasteiger partial charge in [0.05, 0.1) is 18.8 Å². The summed E-state index contributed by atoms with van der Waals surface area (Å²) in [6.45, 7) is 2.45. The lowest BCUT2D eigenvalue weighted by molar-refractivity contribution is 0.0651. The molecule has 0 atom stereocenters. The Morgan fingerprint density at radius 1 is 1.50 bits per heavy atom. The molecule has 20 heavy (non-hydrogen) atoms. The molecule has 0 fully saturated rings. The summed E-state index contributed by atoms with van der Waals surface area (Å²) in [5.41, 5.74) is 0.357. The van der Waals surface area contributed by atoms with Crippen molar-refractivity contribution in [3.63, 3.8) is 0 Å². The molecular formula is C12H19N3O4S. The summed E-state index contributed by atoms with van der Waals surface area (Å²) in [4.78, 5) is 31.7. The third-order valence-corrected chi connectivity index (χ3v) is 3.40. The Labute approximate surface area is 121 Å². The summed E-state index contributed by atoms with van der Waals surface area (Å²) in [6, 6.07) is 0. The first-order chi connectivity index (χ1) is 9.54. The molecule has 8 heteroatoms. The summed E-state index contributed by atoms with van der Waals surface area (Å²) >= 11 is 1.24. The monoisotopic (exact) mass is 301 g/mol. The quantitative estimate of drug-likeness (QED) is 0.538. The SMILES string of the molecule is COCCN(CCO)C(=O)c1c(SC)nc(=O)[nH]c1C. The van der Waals surface area contributed by atoms with Crippen LogP contribution >= 0.6 is 11.8 Å². The molecule has 1 rings (SSSR count). The lowest BCUT2D eigenvalue weighted by Gasteiger charge is -2.22. The molecule has 112 valence electrons. The van der Waals surface area contributed by atoms with Crippen molar-refractivity contribution in [2.75, 3.05) is 39.7 Å². The van der Waals surface area contributed by atoms with E-state index in [1.54, 1.807) is 20.3 Å². The highest BCUT2D eigenvalue weighted by molar-refractivity contribution is 7.98. The fourth-order valence-corrected chi connectivity index (χ4v) is 2.37. The van der Waals surface area contributed by atoms with Gasteiger partial charge < -0.3 is 19.7 Å². The average molecular weight is 301 g/mol. The lowest BCUT2D eigenvalue weighted by Crippen LogP contribution is -2.37. The third-order valence-electron chi connectivity index (χ3n) is 2.72. The van der Waals surface area contributed by atoms with Gasteiger partial charge in [0.25, 0.3) is 5.91 Å². The molecule has 0 saturated carbocycles. The molecule has 0 aliphatic rings. The van der Waals surface area contributed by atoms with Crippen LogP contribution in [0.2, 0.25) is 0 Å². The second-order valence-electron chi connectivity index (χ2n) is 4.06. The molecule has 0 unspecified atom stereocenters. The van der Waals surface area contributed by atoms with Crippen LogP contribution in [0.25, 0.3) is 0 Å². The van der Waals surface area contributed by atoms with Crippen molar-refractivity contribution in [1.82, 2.24) is 14.9 Å². The number of aryl methyl sites for hydroxylation is 1. The predicted octanol–water partition coefficient (Wildman–Crippen LogP) is -0.119. The van der Waals surface area contributed by atoms with Gasteiger partial charge >= 0.3 is 5.69 Å². The number of amides is 1. The minimum absolute atomic E-state index is 0.139. The van der Waals surface area contributed by atoms with Crippen molar-refractivity contribution >= 4 is 17.7 Å². The van der Waals surface area contributed by atoms with Crippen LogP contribution < -0.4 is 5.69 Å². The Kier molecular flexibility index (Phi) is 6.69. The fraction of sp³-hybridized carbons (Fsp3) is 0.583. The molecule has 0 aromatic carbocycles. The zero-order chi connectivity index (χ0) is 15.1. The van der Waals surface area contributed by atoms with Crippen molar-refractivity contribution in [3.05, 3.63) is 21.7 Å². The number of carbonyl (C=O) groups excluding carboxylic acids is 1. The normalized spacial score (nSPS) is 10.6. The van der Waals surface area contributed by atoms with E-state index < -0.39 is 5.69 Å². The van der Waals surface area contributed by atoms with Gasteiger partial charge in [-0.3, -0.25) is 4.79 Å². The second-order valence-corrected chi connectivity index (χ2v) is 4.85. The zero-order valence-electron chi connectivity index (χ0n) is 11.8. The standard InChI is InChI=1S/C12H19N3O4S/c1-8-9(10(20-3)14-12(18)13-8)11(17)15(4-6-16)5-7-19-2/h16H,4-7H2,1-3H3,(H,13,14,18). The van der Waals surface area contributed by atoms with E-state index in [9.17, 15) is 9.59 Å².